The van der Waals surface area contributed by atoms with Crippen molar-refractivity contribution in [3.63, 3.8) is 0 Å². The van der Waals surface area contributed by atoms with Crippen LogP contribution in [-0.2, 0) is 0 Å². The minimum atomic E-state index is 0.327. The molecule has 2 unspecified atom stereocenters. The Balaban J connectivity index is 2.46. The number of halogens is 1. The molecule has 1 saturated heterocycles. The highest BCUT2D eigenvalue weighted by Gasteiger charge is 2.33. The van der Waals surface area contributed by atoms with Gasteiger partial charge in [-0.3, -0.25) is 4.90 Å². The molecule has 4 heteroatoms. The van der Waals surface area contributed by atoms with Gasteiger partial charge in [-0.1, -0.05) is 31.0 Å². The normalized spacial score (nSPS) is 23.8. The molecular weight excluding hydrogens is 284 g/mol. The number of nitrogens with zero attached hydrogens (tertiary/aromatic N) is 1. The van der Waals surface area contributed by atoms with Gasteiger partial charge in [-0.2, -0.15) is 0 Å². The summed E-state index contributed by atoms with van der Waals surface area (Å²) >= 11 is 6.56. The number of rotatable bonds is 5. The van der Waals surface area contributed by atoms with Crippen LogP contribution in [0, 0.1) is 5.92 Å². The van der Waals surface area contributed by atoms with Crippen molar-refractivity contribution in [2.75, 3.05) is 33.8 Å². The SMILES string of the molecule is CCN1CCCCC(CNC)C1c1c(Cl)cccc1OC. The Labute approximate surface area is 133 Å². The van der Waals surface area contributed by atoms with Crippen molar-refractivity contribution in [3.05, 3.63) is 28.8 Å². The van der Waals surface area contributed by atoms with Gasteiger partial charge >= 0.3 is 0 Å². The Morgan fingerprint density at radius 3 is 2.86 bits per heavy atom. The number of hydrogen-bond acceptors (Lipinski definition) is 3. The van der Waals surface area contributed by atoms with Crippen LogP contribution in [0.4, 0.5) is 0 Å². The van der Waals surface area contributed by atoms with Gasteiger partial charge < -0.3 is 10.1 Å². The summed E-state index contributed by atoms with van der Waals surface area (Å²) in [7, 11) is 3.76. The van der Waals surface area contributed by atoms with E-state index in [1.165, 1.54) is 19.3 Å². The second kappa shape index (κ2) is 8.02. The molecule has 1 aliphatic heterocycles. The van der Waals surface area contributed by atoms with Gasteiger partial charge in [0.05, 0.1) is 7.11 Å². The quantitative estimate of drug-likeness (QED) is 0.897. The molecule has 1 N–H and O–H groups in total. The third kappa shape index (κ3) is 3.71. The van der Waals surface area contributed by atoms with Crippen LogP contribution in [0.25, 0.3) is 0 Å². The van der Waals surface area contributed by atoms with Crippen LogP contribution < -0.4 is 10.1 Å². The molecule has 0 saturated carbocycles. The molecule has 1 fully saturated rings. The van der Waals surface area contributed by atoms with Crippen LogP contribution in [0.5, 0.6) is 5.75 Å². The largest absolute Gasteiger partial charge is 0.496 e. The monoisotopic (exact) mass is 310 g/mol. The molecule has 0 amide bonds. The highest BCUT2D eigenvalue weighted by atomic mass is 35.5. The summed E-state index contributed by atoms with van der Waals surface area (Å²) in [5.74, 6) is 1.47. The van der Waals surface area contributed by atoms with Crippen molar-refractivity contribution < 1.29 is 4.74 Å². The van der Waals surface area contributed by atoms with Gasteiger partial charge in [-0.05, 0) is 57.6 Å². The maximum atomic E-state index is 6.56. The average Bonchev–Trinajstić information content (AvgIpc) is 2.69. The lowest BCUT2D eigenvalue weighted by Crippen LogP contribution is -2.36. The minimum absolute atomic E-state index is 0.327. The summed E-state index contributed by atoms with van der Waals surface area (Å²) in [5, 5.41) is 4.18. The molecule has 0 aliphatic carbocycles. The summed E-state index contributed by atoms with van der Waals surface area (Å²) in [5.41, 5.74) is 1.16. The number of benzene rings is 1. The second-order valence-corrected chi connectivity index (χ2v) is 6.15. The Hall–Kier alpha value is -0.770. The molecule has 21 heavy (non-hydrogen) atoms. The van der Waals surface area contributed by atoms with Crippen molar-refractivity contribution in [1.29, 1.82) is 0 Å². The Morgan fingerprint density at radius 2 is 2.19 bits per heavy atom. The third-order valence-electron chi connectivity index (χ3n) is 4.51. The van der Waals surface area contributed by atoms with E-state index in [4.69, 9.17) is 16.3 Å². The fraction of sp³-hybridized carbons (Fsp3) is 0.647. The molecule has 1 aliphatic rings. The van der Waals surface area contributed by atoms with E-state index in [2.05, 4.69) is 17.1 Å². The molecule has 2 atom stereocenters. The molecule has 1 heterocycles. The van der Waals surface area contributed by atoms with E-state index in [0.717, 1.165) is 36.0 Å². The van der Waals surface area contributed by atoms with Crippen molar-refractivity contribution in [3.8, 4) is 5.75 Å². The Kier molecular flexibility index (Phi) is 6.34. The molecule has 0 radical (unpaired) electrons. The van der Waals surface area contributed by atoms with Crippen LogP contribution >= 0.6 is 11.6 Å². The van der Waals surface area contributed by atoms with E-state index >= 15 is 0 Å². The standard InChI is InChI=1S/C17H27ClN2O/c1-4-20-11-6-5-8-13(12-19-2)17(20)16-14(18)9-7-10-15(16)21-3/h7,9-10,13,17,19H,4-6,8,11-12H2,1-3H3. The van der Waals surface area contributed by atoms with E-state index in [9.17, 15) is 0 Å². The van der Waals surface area contributed by atoms with E-state index in [-0.39, 0.29) is 0 Å². The molecule has 0 bridgehead atoms. The van der Waals surface area contributed by atoms with Gasteiger partial charge in [0.2, 0.25) is 0 Å². The van der Waals surface area contributed by atoms with Crippen molar-refractivity contribution in [1.82, 2.24) is 10.2 Å². The highest BCUT2D eigenvalue weighted by Crippen LogP contribution is 2.42. The molecule has 0 aromatic heterocycles. The van der Waals surface area contributed by atoms with E-state index < -0.39 is 0 Å². The number of nitrogens with one attached hydrogen (secondary N) is 1. The molecule has 3 nitrogen and oxygen atoms in total. The van der Waals surface area contributed by atoms with Gasteiger partial charge in [0.25, 0.3) is 0 Å². The number of methoxy groups -OCH3 is 1. The van der Waals surface area contributed by atoms with Crippen molar-refractivity contribution in [2.45, 2.75) is 32.2 Å². The predicted octanol–water partition coefficient (Wildman–Crippen LogP) is 3.73. The van der Waals surface area contributed by atoms with Crippen molar-refractivity contribution >= 4 is 11.6 Å². The van der Waals surface area contributed by atoms with Crippen LogP contribution in [0.2, 0.25) is 5.02 Å². The van der Waals surface area contributed by atoms with Gasteiger partial charge in [-0.25, -0.2) is 0 Å². The first kappa shape index (κ1) is 16.6. The van der Waals surface area contributed by atoms with Crippen LogP contribution in [-0.4, -0.2) is 38.7 Å². The zero-order valence-corrected chi connectivity index (χ0v) is 14.1. The van der Waals surface area contributed by atoms with Gasteiger partial charge in [-0.15, -0.1) is 0 Å². The van der Waals surface area contributed by atoms with Crippen LogP contribution in [0.3, 0.4) is 0 Å². The molecule has 2 rings (SSSR count). The molecule has 1 aromatic rings. The summed E-state index contributed by atoms with van der Waals surface area (Å²) in [4.78, 5) is 2.55. The van der Waals surface area contributed by atoms with Gasteiger partial charge in [0, 0.05) is 16.6 Å². The highest BCUT2D eigenvalue weighted by molar-refractivity contribution is 6.31. The first-order chi connectivity index (χ1) is 10.2. The zero-order chi connectivity index (χ0) is 15.2. The summed E-state index contributed by atoms with van der Waals surface area (Å²) < 4.78 is 5.61. The lowest BCUT2D eigenvalue weighted by atomic mass is 9.88. The fourth-order valence-corrected chi connectivity index (χ4v) is 3.83. The summed E-state index contributed by atoms with van der Waals surface area (Å²) in [6, 6.07) is 6.30. The lowest BCUT2D eigenvalue weighted by molar-refractivity contribution is 0.159. The first-order valence-electron chi connectivity index (χ1n) is 7.94. The predicted molar refractivity (Wildman–Crippen MR) is 89.3 cm³/mol. The maximum Gasteiger partial charge on any atom is 0.125 e. The van der Waals surface area contributed by atoms with Gasteiger partial charge in [0.15, 0.2) is 0 Å². The number of hydrogen-bond donors (Lipinski definition) is 1. The third-order valence-corrected chi connectivity index (χ3v) is 4.84. The first-order valence-corrected chi connectivity index (χ1v) is 8.31. The molecular formula is C17H27ClN2O. The summed E-state index contributed by atoms with van der Waals surface area (Å²) in [6.45, 7) is 5.42. The molecule has 0 spiro atoms. The Bertz CT molecular complexity index is 452. The van der Waals surface area contributed by atoms with Crippen molar-refractivity contribution in [2.24, 2.45) is 5.92 Å². The van der Waals surface area contributed by atoms with E-state index in [1.54, 1.807) is 7.11 Å². The minimum Gasteiger partial charge on any atom is -0.496 e. The number of ether oxygens (including phenoxy) is 1. The average molecular weight is 311 g/mol. The summed E-state index contributed by atoms with van der Waals surface area (Å²) in [6.07, 6.45) is 3.78. The molecule has 118 valence electrons. The van der Waals surface area contributed by atoms with Gasteiger partial charge in [0.1, 0.15) is 5.75 Å². The van der Waals surface area contributed by atoms with E-state index in [0.29, 0.717) is 12.0 Å². The zero-order valence-electron chi connectivity index (χ0n) is 13.4. The second-order valence-electron chi connectivity index (χ2n) is 5.74. The fourth-order valence-electron chi connectivity index (χ4n) is 3.55. The lowest BCUT2D eigenvalue weighted by Gasteiger charge is -2.36. The van der Waals surface area contributed by atoms with Crippen LogP contribution in [0.1, 0.15) is 37.8 Å². The Morgan fingerprint density at radius 1 is 1.38 bits per heavy atom. The number of likely N-dealkylation sites (tertiary alicyclic amines) is 1. The van der Waals surface area contributed by atoms with Crippen LogP contribution in [0.15, 0.2) is 18.2 Å². The smallest absolute Gasteiger partial charge is 0.125 e. The maximum absolute atomic E-state index is 6.56. The molecule has 1 aromatic carbocycles. The topological polar surface area (TPSA) is 24.5 Å². The van der Waals surface area contributed by atoms with E-state index in [1.807, 2.05) is 25.2 Å².